The summed E-state index contributed by atoms with van der Waals surface area (Å²) in [5, 5.41) is 6.34. The van der Waals surface area contributed by atoms with E-state index >= 15 is 0 Å². The molecule has 1 unspecified atom stereocenters. The minimum Gasteiger partial charge on any atom is -0.366 e. The molecule has 5 nitrogen and oxygen atoms in total. The fourth-order valence-electron chi connectivity index (χ4n) is 2.95. The lowest BCUT2D eigenvalue weighted by atomic mass is 10.0. The zero-order valence-corrected chi connectivity index (χ0v) is 11.6. The van der Waals surface area contributed by atoms with Crippen LogP contribution in [-0.2, 0) is 9.53 Å². The predicted molar refractivity (Wildman–Crippen MR) is 72.9 cm³/mol. The lowest BCUT2D eigenvalue weighted by Gasteiger charge is -2.33. The van der Waals surface area contributed by atoms with Crippen LogP contribution in [0.25, 0.3) is 0 Å². The second kappa shape index (κ2) is 6.20. The fourth-order valence-corrected chi connectivity index (χ4v) is 2.95. The number of likely N-dealkylation sites (tertiary alicyclic amines) is 1. The lowest BCUT2D eigenvalue weighted by molar-refractivity contribution is -0.135. The molecule has 2 saturated heterocycles. The molecule has 0 aromatic rings. The summed E-state index contributed by atoms with van der Waals surface area (Å²) in [6.07, 6.45) is 4.71. The minimum absolute atomic E-state index is 0.0628. The molecule has 2 aliphatic heterocycles. The van der Waals surface area contributed by atoms with Crippen LogP contribution < -0.4 is 10.6 Å². The summed E-state index contributed by atoms with van der Waals surface area (Å²) in [7, 11) is 0. The van der Waals surface area contributed by atoms with Crippen molar-refractivity contribution < 1.29 is 9.53 Å². The topological polar surface area (TPSA) is 53.6 Å². The predicted octanol–water partition coefficient (Wildman–Crippen LogP) is -0.0346. The van der Waals surface area contributed by atoms with Gasteiger partial charge in [0.05, 0.1) is 6.61 Å². The molecule has 0 aromatic heterocycles. The van der Waals surface area contributed by atoms with Gasteiger partial charge in [0.15, 0.2) is 0 Å². The molecule has 3 rings (SSSR count). The minimum atomic E-state index is -0.293. The van der Waals surface area contributed by atoms with Gasteiger partial charge in [-0.3, -0.25) is 4.79 Å². The van der Waals surface area contributed by atoms with Gasteiger partial charge in [0.1, 0.15) is 6.10 Å². The van der Waals surface area contributed by atoms with E-state index in [0.717, 1.165) is 38.4 Å². The number of morpholine rings is 1. The molecule has 2 heterocycles. The van der Waals surface area contributed by atoms with Crippen LogP contribution in [0.15, 0.2) is 0 Å². The maximum absolute atomic E-state index is 12.0. The summed E-state index contributed by atoms with van der Waals surface area (Å²) >= 11 is 0. The van der Waals surface area contributed by atoms with E-state index in [9.17, 15) is 4.79 Å². The van der Waals surface area contributed by atoms with Gasteiger partial charge in [-0.05, 0) is 31.6 Å². The van der Waals surface area contributed by atoms with Crippen LogP contribution in [0.2, 0.25) is 0 Å². The Morgan fingerprint density at radius 3 is 2.68 bits per heavy atom. The van der Waals surface area contributed by atoms with Crippen molar-refractivity contribution in [2.75, 3.05) is 39.3 Å². The van der Waals surface area contributed by atoms with Gasteiger partial charge in [-0.15, -0.1) is 0 Å². The number of hydrogen-bond donors (Lipinski definition) is 2. The molecule has 1 amide bonds. The maximum Gasteiger partial charge on any atom is 0.250 e. The highest BCUT2D eigenvalue weighted by Crippen LogP contribution is 2.30. The first-order valence-corrected chi connectivity index (χ1v) is 7.66. The quantitative estimate of drug-likeness (QED) is 0.751. The summed E-state index contributed by atoms with van der Waals surface area (Å²) in [4.78, 5) is 14.6. The Morgan fingerprint density at radius 2 is 2.05 bits per heavy atom. The van der Waals surface area contributed by atoms with Crippen LogP contribution in [-0.4, -0.2) is 62.3 Å². The number of nitrogens with zero attached hydrogens (tertiary/aromatic N) is 1. The molecule has 0 aromatic carbocycles. The second-order valence-electron chi connectivity index (χ2n) is 6.09. The van der Waals surface area contributed by atoms with E-state index < -0.39 is 0 Å². The van der Waals surface area contributed by atoms with Crippen molar-refractivity contribution in [3.8, 4) is 0 Å². The van der Waals surface area contributed by atoms with Gasteiger partial charge in [-0.25, -0.2) is 0 Å². The third-order valence-corrected chi connectivity index (χ3v) is 4.37. The Labute approximate surface area is 115 Å². The highest BCUT2D eigenvalue weighted by atomic mass is 16.5. The number of hydrogen-bond acceptors (Lipinski definition) is 4. The molecular weight excluding hydrogens is 242 g/mol. The first kappa shape index (κ1) is 13.3. The van der Waals surface area contributed by atoms with E-state index in [2.05, 4.69) is 15.5 Å². The first-order chi connectivity index (χ1) is 9.31. The molecule has 1 aliphatic carbocycles. The molecule has 0 spiro atoms. The fraction of sp³-hybridized carbons (Fsp3) is 0.929. The van der Waals surface area contributed by atoms with E-state index in [1.54, 1.807) is 0 Å². The normalized spacial score (nSPS) is 30.2. The van der Waals surface area contributed by atoms with Crippen LogP contribution in [0.4, 0.5) is 0 Å². The standard InChI is InChI=1S/C14H25N3O2/c18-14(13-9-15-5-8-19-13)16-12-3-6-17(7-4-12)10-11-1-2-11/h11-13,15H,1-10H2,(H,16,18). The van der Waals surface area contributed by atoms with Crippen LogP contribution in [0.3, 0.4) is 0 Å². The maximum atomic E-state index is 12.0. The zero-order valence-electron chi connectivity index (χ0n) is 11.6. The number of rotatable bonds is 4. The van der Waals surface area contributed by atoms with Crippen molar-refractivity contribution in [2.24, 2.45) is 5.92 Å². The smallest absolute Gasteiger partial charge is 0.250 e. The van der Waals surface area contributed by atoms with Gasteiger partial charge in [0.25, 0.3) is 5.91 Å². The molecule has 19 heavy (non-hydrogen) atoms. The van der Waals surface area contributed by atoms with Crippen molar-refractivity contribution in [1.29, 1.82) is 0 Å². The molecule has 1 saturated carbocycles. The number of carbonyl (C=O) groups excluding carboxylic acids is 1. The number of piperidine rings is 1. The average Bonchev–Trinajstić information content (AvgIpc) is 3.26. The van der Waals surface area contributed by atoms with Gasteiger partial charge in [0, 0.05) is 38.8 Å². The number of amides is 1. The molecule has 3 aliphatic rings. The monoisotopic (exact) mass is 267 g/mol. The highest BCUT2D eigenvalue weighted by Gasteiger charge is 2.29. The van der Waals surface area contributed by atoms with Crippen molar-refractivity contribution >= 4 is 5.91 Å². The van der Waals surface area contributed by atoms with Gasteiger partial charge in [-0.1, -0.05) is 0 Å². The summed E-state index contributed by atoms with van der Waals surface area (Å²) in [6, 6.07) is 0.341. The number of carbonyl (C=O) groups is 1. The molecular formula is C14H25N3O2. The van der Waals surface area contributed by atoms with Crippen molar-refractivity contribution in [2.45, 2.75) is 37.8 Å². The molecule has 108 valence electrons. The molecule has 0 radical (unpaired) electrons. The molecule has 2 N–H and O–H groups in total. The average molecular weight is 267 g/mol. The Bertz CT molecular complexity index is 306. The van der Waals surface area contributed by atoms with E-state index in [1.807, 2.05) is 0 Å². The third-order valence-electron chi connectivity index (χ3n) is 4.37. The largest absolute Gasteiger partial charge is 0.366 e. The molecule has 3 fully saturated rings. The van der Waals surface area contributed by atoms with Crippen molar-refractivity contribution in [3.63, 3.8) is 0 Å². The number of nitrogens with one attached hydrogen (secondary N) is 2. The van der Waals surface area contributed by atoms with E-state index in [4.69, 9.17) is 4.74 Å². The summed E-state index contributed by atoms with van der Waals surface area (Å²) in [5.74, 6) is 1.03. The van der Waals surface area contributed by atoms with E-state index in [-0.39, 0.29) is 12.0 Å². The number of ether oxygens (including phenoxy) is 1. The SMILES string of the molecule is O=C(NC1CCN(CC2CC2)CC1)C1CNCCO1. The molecule has 5 heteroatoms. The van der Waals surface area contributed by atoms with Crippen LogP contribution >= 0.6 is 0 Å². The Morgan fingerprint density at radius 1 is 1.26 bits per heavy atom. The van der Waals surface area contributed by atoms with Crippen LogP contribution in [0.5, 0.6) is 0 Å². The van der Waals surface area contributed by atoms with Crippen molar-refractivity contribution in [1.82, 2.24) is 15.5 Å². The second-order valence-corrected chi connectivity index (χ2v) is 6.09. The van der Waals surface area contributed by atoms with Crippen LogP contribution in [0, 0.1) is 5.92 Å². The lowest BCUT2D eigenvalue weighted by Crippen LogP contribution is -2.52. The van der Waals surface area contributed by atoms with Gasteiger partial charge in [-0.2, -0.15) is 0 Å². The zero-order chi connectivity index (χ0) is 13.1. The van der Waals surface area contributed by atoms with Crippen molar-refractivity contribution in [3.05, 3.63) is 0 Å². The van der Waals surface area contributed by atoms with E-state index in [1.165, 1.54) is 19.4 Å². The Kier molecular flexibility index (Phi) is 4.35. The Balaban J connectivity index is 1.37. The molecule has 0 bridgehead atoms. The first-order valence-electron chi connectivity index (χ1n) is 7.66. The Hall–Kier alpha value is -0.650. The molecule has 1 atom stereocenters. The summed E-state index contributed by atoms with van der Waals surface area (Å²) in [5.41, 5.74) is 0. The highest BCUT2D eigenvalue weighted by molar-refractivity contribution is 5.81. The summed E-state index contributed by atoms with van der Waals surface area (Å²) in [6.45, 7) is 5.67. The van der Waals surface area contributed by atoms with Crippen LogP contribution in [0.1, 0.15) is 25.7 Å². The van der Waals surface area contributed by atoms with E-state index in [0.29, 0.717) is 19.2 Å². The van der Waals surface area contributed by atoms with Gasteiger partial charge in [0.2, 0.25) is 0 Å². The van der Waals surface area contributed by atoms with Gasteiger partial charge < -0.3 is 20.3 Å². The summed E-state index contributed by atoms with van der Waals surface area (Å²) < 4.78 is 5.48. The van der Waals surface area contributed by atoms with Gasteiger partial charge >= 0.3 is 0 Å². The third kappa shape index (κ3) is 3.91.